The number of methoxy groups -OCH3 is 2. The Morgan fingerprint density at radius 1 is 1.14 bits per heavy atom. The fourth-order valence-electron chi connectivity index (χ4n) is 7.87. The summed E-state index contributed by atoms with van der Waals surface area (Å²) in [6, 6.07) is 0. The van der Waals surface area contributed by atoms with Crippen LogP contribution in [-0.2, 0) is 9.47 Å². The van der Waals surface area contributed by atoms with Crippen molar-refractivity contribution in [1.29, 1.82) is 0 Å². The summed E-state index contributed by atoms with van der Waals surface area (Å²) in [5.74, 6) is 2.79. The van der Waals surface area contributed by atoms with Crippen LogP contribution in [0.3, 0.4) is 0 Å². The van der Waals surface area contributed by atoms with E-state index in [0.717, 1.165) is 37.0 Å². The lowest BCUT2D eigenvalue weighted by atomic mass is 9.56. The zero-order valence-corrected chi connectivity index (χ0v) is 24.9. The van der Waals surface area contributed by atoms with E-state index >= 15 is 0 Å². The summed E-state index contributed by atoms with van der Waals surface area (Å²) in [5.41, 5.74) is 6.87. The second-order valence-corrected chi connectivity index (χ2v) is 14.0. The minimum Gasteiger partial charge on any atom is -0.379 e. The highest BCUT2D eigenvalue weighted by atomic mass is 16.5. The Kier molecular flexibility index (Phi) is 8.91. The van der Waals surface area contributed by atoms with E-state index in [9.17, 15) is 0 Å². The summed E-state index contributed by atoms with van der Waals surface area (Å²) >= 11 is 0. The maximum Gasteiger partial charge on any atom is 0.0818 e. The average Bonchev–Trinajstić information content (AvgIpc) is 3.16. The van der Waals surface area contributed by atoms with Crippen LogP contribution in [0.1, 0.15) is 113 Å². The first kappa shape index (κ1) is 28.7. The van der Waals surface area contributed by atoms with Crippen LogP contribution in [0, 0.1) is 34.5 Å². The number of hydrogen-bond donors (Lipinski definition) is 0. The number of allylic oxidation sites excluding steroid dienone is 3. The molecule has 3 saturated carbocycles. The van der Waals surface area contributed by atoms with Gasteiger partial charge in [0.25, 0.3) is 0 Å². The first-order valence-corrected chi connectivity index (χ1v) is 14.4. The maximum atomic E-state index is 5.77. The summed E-state index contributed by atoms with van der Waals surface area (Å²) < 4.78 is 11.5. The molecular formula is C33H56O2. The van der Waals surface area contributed by atoms with Crippen LogP contribution in [0.5, 0.6) is 0 Å². The van der Waals surface area contributed by atoms with E-state index in [1.807, 2.05) is 14.2 Å². The Labute approximate surface area is 218 Å². The molecule has 0 aromatic rings. The SMILES string of the molecule is C=C1[C@H](C)C/C(=C/C(C)=C2\CCC[C@@]3(C)C2CCC3[C@@H](C)C(C)(C)CCC(C)(C)OC)C[C@H]1OC. The highest BCUT2D eigenvalue weighted by Crippen LogP contribution is 2.62. The summed E-state index contributed by atoms with van der Waals surface area (Å²) in [6.07, 6.45) is 14.0. The van der Waals surface area contributed by atoms with Crippen LogP contribution in [0.2, 0.25) is 0 Å². The third kappa shape index (κ3) is 6.01. The fraction of sp³-hybridized carbons (Fsp3) is 0.818. The van der Waals surface area contributed by atoms with Gasteiger partial charge in [-0.25, -0.2) is 0 Å². The molecule has 0 saturated heterocycles. The van der Waals surface area contributed by atoms with Gasteiger partial charge in [-0.1, -0.05) is 64.0 Å². The summed E-state index contributed by atoms with van der Waals surface area (Å²) in [7, 11) is 3.69. The average molecular weight is 485 g/mol. The summed E-state index contributed by atoms with van der Waals surface area (Å²) in [5, 5.41) is 0. The Hall–Kier alpha value is -0.860. The standard InChI is InChI=1S/C33H56O2/c1-22-19-26(21-30(34-10)24(22)3)20-23(2)27-13-12-16-33(9)28(14-15-29(27)33)25(4)31(5,6)17-18-32(7,8)35-11/h20,22,25,28-30H,3,12-19,21H2,1-2,4-11H3/b26-20-,27-23+/t22-,25-,28?,29?,30-,33-/m1/s1. The molecule has 0 N–H and O–H groups in total. The fourth-order valence-corrected chi connectivity index (χ4v) is 7.87. The van der Waals surface area contributed by atoms with Crippen molar-refractivity contribution < 1.29 is 9.47 Å². The highest BCUT2D eigenvalue weighted by molar-refractivity contribution is 5.35. The van der Waals surface area contributed by atoms with E-state index < -0.39 is 0 Å². The molecule has 0 amide bonds. The van der Waals surface area contributed by atoms with Crippen molar-refractivity contribution in [1.82, 2.24) is 0 Å². The Balaban J connectivity index is 1.81. The van der Waals surface area contributed by atoms with Crippen LogP contribution in [0.4, 0.5) is 0 Å². The second-order valence-electron chi connectivity index (χ2n) is 14.0. The third-order valence-electron chi connectivity index (χ3n) is 11.0. The molecule has 3 aliphatic carbocycles. The largest absolute Gasteiger partial charge is 0.379 e. The Bertz CT molecular complexity index is 828. The van der Waals surface area contributed by atoms with Crippen molar-refractivity contribution in [3.63, 3.8) is 0 Å². The zero-order valence-electron chi connectivity index (χ0n) is 24.9. The van der Waals surface area contributed by atoms with Gasteiger partial charge in [0.1, 0.15) is 0 Å². The minimum absolute atomic E-state index is 0.0325. The molecule has 35 heavy (non-hydrogen) atoms. The van der Waals surface area contributed by atoms with Crippen LogP contribution in [0.25, 0.3) is 0 Å². The molecule has 0 aromatic heterocycles. The summed E-state index contributed by atoms with van der Waals surface area (Å²) in [6.45, 7) is 23.7. The number of fused-ring (bicyclic) bond motifs is 1. The lowest BCUT2D eigenvalue weighted by Gasteiger charge is -2.48. The molecule has 3 rings (SSSR count). The van der Waals surface area contributed by atoms with E-state index in [-0.39, 0.29) is 11.7 Å². The van der Waals surface area contributed by atoms with E-state index in [0.29, 0.717) is 16.7 Å². The van der Waals surface area contributed by atoms with Gasteiger partial charge in [0.2, 0.25) is 0 Å². The molecule has 0 radical (unpaired) electrons. The molecule has 6 atom stereocenters. The van der Waals surface area contributed by atoms with E-state index in [4.69, 9.17) is 9.47 Å². The molecule has 2 unspecified atom stereocenters. The number of ether oxygens (including phenoxy) is 2. The predicted octanol–water partition coefficient (Wildman–Crippen LogP) is 9.31. The first-order valence-electron chi connectivity index (χ1n) is 14.4. The predicted molar refractivity (Wildman–Crippen MR) is 151 cm³/mol. The molecule has 0 bridgehead atoms. The van der Waals surface area contributed by atoms with Gasteiger partial charge in [0.05, 0.1) is 11.7 Å². The van der Waals surface area contributed by atoms with E-state index in [1.54, 1.807) is 16.7 Å². The molecule has 3 fully saturated rings. The quantitative estimate of drug-likeness (QED) is 0.319. The Morgan fingerprint density at radius 2 is 1.83 bits per heavy atom. The van der Waals surface area contributed by atoms with Gasteiger partial charge in [0.15, 0.2) is 0 Å². The second kappa shape index (κ2) is 10.9. The zero-order chi connectivity index (χ0) is 26.2. The van der Waals surface area contributed by atoms with Crippen molar-refractivity contribution in [3.05, 3.63) is 34.9 Å². The minimum atomic E-state index is -0.0325. The van der Waals surface area contributed by atoms with Crippen LogP contribution in [-0.4, -0.2) is 25.9 Å². The van der Waals surface area contributed by atoms with Crippen molar-refractivity contribution in [2.75, 3.05) is 14.2 Å². The van der Waals surface area contributed by atoms with E-state index in [1.165, 1.54) is 44.1 Å². The van der Waals surface area contributed by atoms with Gasteiger partial charge in [-0.15, -0.1) is 0 Å². The molecule has 0 heterocycles. The first-order chi connectivity index (χ1) is 16.3. The van der Waals surface area contributed by atoms with Gasteiger partial charge < -0.3 is 9.47 Å². The topological polar surface area (TPSA) is 18.5 Å². The van der Waals surface area contributed by atoms with Crippen LogP contribution in [0.15, 0.2) is 34.9 Å². The molecule has 200 valence electrons. The van der Waals surface area contributed by atoms with Crippen molar-refractivity contribution in [2.45, 2.75) is 125 Å². The normalized spacial score (nSPS) is 35.8. The van der Waals surface area contributed by atoms with Crippen molar-refractivity contribution in [2.24, 2.45) is 34.5 Å². The number of hydrogen-bond acceptors (Lipinski definition) is 2. The molecule has 3 aliphatic rings. The smallest absolute Gasteiger partial charge is 0.0818 e. The monoisotopic (exact) mass is 484 g/mol. The molecule has 0 aliphatic heterocycles. The van der Waals surface area contributed by atoms with Gasteiger partial charge in [-0.3, -0.25) is 0 Å². The molecule has 0 aromatic carbocycles. The molecule has 0 spiro atoms. The lowest BCUT2D eigenvalue weighted by molar-refractivity contribution is -0.0117. The Morgan fingerprint density at radius 3 is 2.46 bits per heavy atom. The third-order valence-corrected chi connectivity index (χ3v) is 11.0. The molecule has 2 nitrogen and oxygen atoms in total. The van der Waals surface area contributed by atoms with Crippen LogP contribution < -0.4 is 0 Å². The van der Waals surface area contributed by atoms with Gasteiger partial charge in [-0.05, 0) is 119 Å². The van der Waals surface area contributed by atoms with Crippen molar-refractivity contribution in [3.8, 4) is 0 Å². The van der Waals surface area contributed by atoms with Crippen LogP contribution >= 0.6 is 0 Å². The lowest BCUT2D eigenvalue weighted by Crippen LogP contribution is -2.41. The van der Waals surface area contributed by atoms with Gasteiger partial charge >= 0.3 is 0 Å². The number of rotatable bonds is 8. The summed E-state index contributed by atoms with van der Waals surface area (Å²) in [4.78, 5) is 0. The van der Waals surface area contributed by atoms with Gasteiger partial charge in [0, 0.05) is 14.2 Å². The maximum absolute atomic E-state index is 5.77. The molecular weight excluding hydrogens is 428 g/mol. The van der Waals surface area contributed by atoms with Crippen molar-refractivity contribution >= 4 is 0 Å². The van der Waals surface area contributed by atoms with Gasteiger partial charge in [-0.2, -0.15) is 0 Å². The highest BCUT2D eigenvalue weighted by Gasteiger charge is 2.53. The molecule has 2 heteroatoms. The van der Waals surface area contributed by atoms with E-state index in [2.05, 4.69) is 68.0 Å².